The lowest BCUT2D eigenvalue weighted by Gasteiger charge is -2.17. The summed E-state index contributed by atoms with van der Waals surface area (Å²) in [5.41, 5.74) is 0. The number of hydrogen-bond donors (Lipinski definition) is 3. The molecule has 3 N–H and O–H groups in total. The van der Waals surface area contributed by atoms with E-state index in [4.69, 9.17) is 9.52 Å². The number of carbonyl (C=O) groups excluding carboxylic acids is 1. The van der Waals surface area contributed by atoms with Gasteiger partial charge in [-0.25, -0.2) is 14.6 Å². The average Bonchev–Trinajstić information content (AvgIpc) is 2.80. The van der Waals surface area contributed by atoms with Gasteiger partial charge in [-0.15, -0.1) is 0 Å². The van der Waals surface area contributed by atoms with Gasteiger partial charge in [0.15, 0.2) is 0 Å². The van der Waals surface area contributed by atoms with Crippen molar-refractivity contribution >= 4 is 12.0 Å². The summed E-state index contributed by atoms with van der Waals surface area (Å²) in [6.07, 6.45) is 2.33. The van der Waals surface area contributed by atoms with Gasteiger partial charge in [0.25, 0.3) is 0 Å². The molecule has 19 heavy (non-hydrogen) atoms. The lowest BCUT2D eigenvalue weighted by Crippen LogP contribution is -2.48. The fourth-order valence-electron chi connectivity index (χ4n) is 1.45. The Labute approximate surface area is 111 Å². The molecule has 1 atom stereocenters. The molecule has 0 aromatic carbocycles. The number of carbonyl (C=O) groups is 2. The van der Waals surface area contributed by atoms with Gasteiger partial charge in [0.1, 0.15) is 11.8 Å². The molecule has 7 heteroatoms. The Morgan fingerprint density at radius 1 is 1.47 bits per heavy atom. The van der Waals surface area contributed by atoms with Crippen molar-refractivity contribution in [1.29, 1.82) is 0 Å². The predicted octanol–water partition coefficient (Wildman–Crippen LogP) is 1.15. The van der Waals surface area contributed by atoms with Gasteiger partial charge in [-0.1, -0.05) is 20.8 Å². The van der Waals surface area contributed by atoms with E-state index in [0.29, 0.717) is 5.89 Å². The van der Waals surface area contributed by atoms with Crippen LogP contribution in [0.3, 0.4) is 0 Å². The topological polar surface area (TPSA) is 104 Å². The summed E-state index contributed by atoms with van der Waals surface area (Å²) in [7, 11) is 0. The van der Waals surface area contributed by atoms with Crippen LogP contribution in [0.2, 0.25) is 0 Å². The molecule has 1 aromatic rings. The zero-order valence-corrected chi connectivity index (χ0v) is 11.3. The maximum absolute atomic E-state index is 11.6. The molecule has 1 aromatic heterocycles. The van der Waals surface area contributed by atoms with Crippen LogP contribution in [0, 0.1) is 5.92 Å². The van der Waals surface area contributed by atoms with Crippen LogP contribution in [-0.4, -0.2) is 28.1 Å². The maximum Gasteiger partial charge on any atom is 0.326 e. The Kier molecular flexibility index (Phi) is 5.35. The van der Waals surface area contributed by atoms with Gasteiger partial charge in [-0.3, -0.25) is 0 Å². The highest BCUT2D eigenvalue weighted by atomic mass is 16.4. The first-order chi connectivity index (χ1) is 8.93. The van der Waals surface area contributed by atoms with Gasteiger partial charge in [-0.05, 0) is 5.92 Å². The minimum atomic E-state index is -1.06. The number of aromatic nitrogens is 1. The third-order valence-electron chi connectivity index (χ3n) is 2.57. The third kappa shape index (κ3) is 4.61. The van der Waals surface area contributed by atoms with Crippen molar-refractivity contribution in [2.24, 2.45) is 5.92 Å². The number of nitrogens with zero attached hydrogens (tertiary/aromatic N) is 1. The summed E-state index contributed by atoms with van der Waals surface area (Å²) >= 11 is 0. The summed E-state index contributed by atoms with van der Waals surface area (Å²) < 4.78 is 5.31. The number of oxazole rings is 1. The quantitative estimate of drug-likeness (QED) is 0.718. The SMILES string of the molecule is CCc1cnc(CNC(=O)N[C@H](C(=O)O)C(C)C)o1. The largest absolute Gasteiger partial charge is 0.480 e. The number of amides is 2. The average molecular weight is 269 g/mol. The van der Waals surface area contributed by atoms with Gasteiger partial charge in [-0.2, -0.15) is 0 Å². The number of nitrogens with one attached hydrogen (secondary N) is 2. The zero-order chi connectivity index (χ0) is 14.4. The second-order valence-electron chi connectivity index (χ2n) is 4.46. The second kappa shape index (κ2) is 6.77. The molecule has 0 saturated carbocycles. The van der Waals surface area contributed by atoms with E-state index in [-0.39, 0.29) is 12.5 Å². The Bertz CT molecular complexity index is 442. The van der Waals surface area contributed by atoms with Crippen LogP contribution in [-0.2, 0) is 17.8 Å². The summed E-state index contributed by atoms with van der Waals surface area (Å²) in [5, 5.41) is 13.8. The van der Waals surface area contributed by atoms with E-state index in [9.17, 15) is 9.59 Å². The number of aliphatic carboxylic acids is 1. The van der Waals surface area contributed by atoms with Gasteiger partial charge < -0.3 is 20.2 Å². The van der Waals surface area contributed by atoms with E-state index in [0.717, 1.165) is 12.2 Å². The predicted molar refractivity (Wildman–Crippen MR) is 67.5 cm³/mol. The summed E-state index contributed by atoms with van der Waals surface area (Å²) in [6, 6.07) is -1.48. The summed E-state index contributed by atoms with van der Waals surface area (Å²) in [6.45, 7) is 5.50. The smallest absolute Gasteiger partial charge is 0.326 e. The number of urea groups is 1. The van der Waals surface area contributed by atoms with Crippen LogP contribution in [0.25, 0.3) is 0 Å². The zero-order valence-electron chi connectivity index (χ0n) is 11.3. The Balaban J connectivity index is 2.44. The molecule has 1 heterocycles. The molecule has 0 fully saturated rings. The fourth-order valence-corrected chi connectivity index (χ4v) is 1.45. The van der Waals surface area contributed by atoms with Crippen LogP contribution in [0.5, 0.6) is 0 Å². The van der Waals surface area contributed by atoms with Crippen LogP contribution in [0.4, 0.5) is 4.79 Å². The number of carboxylic acids is 1. The van der Waals surface area contributed by atoms with E-state index < -0.39 is 18.0 Å². The van der Waals surface area contributed by atoms with E-state index in [1.54, 1.807) is 20.0 Å². The van der Waals surface area contributed by atoms with Crippen LogP contribution >= 0.6 is 0 Å². The molecule has 0 saturated heterocycles. The van der Waals surface area contributed by atoms with E-state index in [2.05, 4.69) is 15.6 Å². The molecule has 0 spiro atoms. The Morgan fingerprint density at radius 3 is 2.63 bits per heavy atom. The molecule has 1 rings (SSSR count). The highest BCUT2D eigenvalue weighted by Crippen LogP contribution is 2.04. The summed E-state index contributed by atoms with van der Waals surface area (Å²) in [5.74, 6) is -0.127. The molecule has 0 aliphatic heterocycles. The van der Waals surface area contributed by atoms with Gasteiger partial charge in [0.2, 0.25) is 5.89 Å². The highest BCUT2D eigenvalue weighted by molar-refractivity contribution is 5.82. The monoisotopic (exact) mass is 269 g/mol. The Hall–Kier alpha value is -2.05. The molecule has 106 valence electrons. The molecule has 0 aliphatic rings. The first kappa shape index (κ1) is 15.0. The molecular formula is C12H19N3O4. The molecule has 2 amide bonds. The minimum Gasteiger partial charge on any atom is -0.480 e. The third-order valence-corrected chi connectivity index (χ3v) is 2.57. The lowest BCUT2D eigenvalue weighted by atomic mass is 10.1. The van der Waals surface area contributed by atoms with Crippen molar-refractivity contribution in [2.75, 3.05) is 0 Å². The van der Waals surface area contributed by atoms with Gasteiger partial charge in [0, 0.05) is 6.42 Å². The maximum atomic E-state index is 11.6. The highest BCUT2D eigenvalue weighted by Gasteiger charge is 2.23. The molecular weight excluding hydrogens is 250 g/mol. The van der Waals surface area contributed by atoms with Crippen LogP contribution in [0.15, 0.2) is 10.6 Å². The van der Waals surface area contributed by atoms with Crippen molar-refractivity contribution in [2.45, 2.75) is 39.8 Å². The first-order valence-electron chi connectivity index (χ1n) is 6.14. The number of rotatable bonds is 6. The minimum absolute atomic E-state index is 0.121. The van der Waals surface area contributed by atoms with E-state index in [1.165, 1.54) is 0 Å². The van der Waals surface area contributed by atoms with Crippen LogP contribution in [0.1, 0.15) is 32.4 Å². The number of carboxylic acid groups (broad SMARTS) is 1. The molecule has 0 unspecified atom stereocenters. The number of hydrogen-bond acceptors (Lipinski definition) is 4. The normalized spacial score (nSPS) is 12.2. The van der Waals surface area contributed by atoms with Crippen molar-refractivity contribution < 1.29 is 19.1 Å². The number of aryl methyl sites for hydroxylation is 1. The molecule has 0 bridgehead atoms. The molecule has 0 aliphatic carbocycles. The van der Waals surface area contributed by atoms with Crippen molar-refractivity contribution in [3.8, 4) is 0 Å². The second-order valence-corrected chi connectivity index (χ2v) is 4.46. The van der Waals surface area contributed by atoms with Crippen molar-refractivity contribution in [1.82, 2.24) is 15.6 Å². The molecule has 0 radical (unpaired) electrons. The summed E-state index contributed by atoms with van der Waals surface area (Å²) in [4.78, 5) is 26.5. The fraction of sp³-hybridized carbons (Fsp3) is 0.583. The van der Waals surface area contributed by atoms with Gasteiger partial charge >= 0.3 is 12.0 Å². The van der Waals surface area contributed by atoms with E-state index >= 15 is 0 Å². The Morgan fingerprint density at radius 2 is 2.16 bits per heavy atom. The van der Waals surface area contributed by atoms with Crippen molar-refractivity contribution in [3.63, 3.8) is 0 Å². The van der Waals surface area contributed by atoms with Crippen LogP contribution < -0.4 is 10.6 Å². The lowest BCUT2D eigenvalue weighted by molar-refractivity contribution is -0.140. The molecule has 7 nitrogen and oxygen atoms in total. The standard InChI is InChI=1S/C12H19N3O4/c1-4-8-5-13-9(19-8)6-14-12(18)15-10(7(2)3)11(16)17/h5,7,10H,4,6H2,1-3H3,(H,16,17)(H2,14,15,18)/t10-/m0/s1. The van der Waals surface area contributed by atoms with E-state index in [1.807, 2.05) is 6.92 Å². The van der Waals surface area contributed by atoms with Crippen molar-refractivity contribution in [3.05, 3.63) is 17.8 Å². The van der Waals surface area contributed by atoms with Gasteiger partial charge in [0.05, 0.1) is 12.7 Å². The first-order valence-corrected chi connectivity index (χ1v) is 6.14.